The minimum atomic E-state index is -1.09. The fourth-order valence-electron chi connectivity index (χ4n) is 2.15. The van der Waals surface area contributed by atoms with Crippen LogP contribution in [-0.2, 0) is 4.79 Å². The topological polar surface area (TPSA) is 75.4 Å². The van der Waals surface area contributed by atoms with E-state index in [0.29, 0.717) is 5.69 Å². The van der Waals surface area contributed by atoms with Gasteiger partial charge in [0, 0.05) is 6.54 Å². The molecule has 0 radical (unpaired) electrons. The van der Waals surface area contributed by atoms with E-state index in [1.165, 1.54) is 21.8 Å². The summed E-state index contributed by atoms with van der Waals surface area (Å²) in [5.74, 6) is -1.98. The quantitative estimate of drug-likeness (QED) is 0.915. The average molecular weight is 305 g/mol. The Balaban J connectivity index is 2.37. The summed E-state index contributed by atoms with van der Waals surface area (Å²) in [5, 5.41) is 12.9. The van der Waals surface area contributed by atoms with Crippen molar-refractivity contribution in [1.29, 1.82) is 0 Å². The highest BCUT2D eigenvalue weighted by molar-refractivity contribution is 5.96. The lowest BCUT2D eigenvalue weighted by atomic mass is 10.2. The fourth-order valence-corrected chi connectivity index (χ4v) is 2.15. The van der Waals surface area contributed by atoms with Crippen molar-refractivity contribution in [1.82, 2.24) is 14.7 Å². The first kappa shape index (κ1) is 15.7. The molecule has 0 saturated carbocycles. The maximum absolute atomic E-state index is 13.8. The first-order chi connectivity index (χ1) is 10.5. The van der Waals surface area contributed by atoms with Crippen molar-refractivity contribution >= 4 is 11.9 Å². The van der Waals surface area contributed by atoms with Gasteiger partial charge in [0.15, 0.2) is 0 Å². The Kier molecular flexibility index (Phi) is 4.55. The molecule has 0 atom stereocenters. The van der Waals surface area contributed by atoms with E-state index >= 15 is 0 Å². The van der Waals surface area contributed by atoms with Crippen LogP contribution in [0.4, 0.5) is 4.39 Å². The van der Waals surface area contributed by atoms with Crippen LogP contribution in [0.3, 0.4) is 0 Å². The van der Waals surface area contributed by atoms with Crippen molar-refractivity contribution < 1.29 is 19.1 Å². The molecule has 1 aromatic carbocycles. The zero-order valence-corrected chi connectivity index (χ0v) is 12.3. The number of carboxylic acid groups (broad SMARTS) is 1. The number of hydrogen-bond donors (Lipinski definition) is 1. The maximum Gasteiger partial charge on any atom is 0.323 e. The zero-order valence-electron chi connectivity index (χ0n) is 12.3. The molecule has 2 rings (SSSR count). The monoisotopic (exact) mass is 305 g/mol. The summed E-state index contributed by atoms with van der Waals surface area (Å²) in [6, 6.07) is 6.10. The molecule has 0 unspecified atom stereocenters. The molecule has 0 bridgehead atoms. The molecule has 116 valence electrons. The molecule has 0 aliphatic heterocycles. The third kappa shape index (κ3) is 2.98. The van der Waals surface area contributed by atoms with E-state index < -0.39 is 17.7 Å². The molecule has 1 amide bonds. The third-order valence-corrected chi connectivity index (χ3v) is 3.32. The molecule has 1 N–H and O–H groups in total. The summed E-state index contributed by atoms with van der Waals surface area (Å²) in [4.78, 5) is 24.4. The van der Waals surface area contributed by atoms with E-state index in [1.807, 2.05) is 0 Å². The number of carbonyl (C=O) groups excluding carboxylic acids is 1. The van der Waals surface area contributed by atoms with Gasteiger partial charge in [-0.25, -0.2) is 9.07 Å². The minimum absolute atomic E-state index is 0.236. The van der Waals surface area contributed by atoms with Gasteiger partial charge in [-0.3, -0.25) is 9.59 Å². The Morgan fingerprint density at radius 1 is 1.36 bits per heavy atom. The fraction of sp³-hybridized carbons (Fsp3) is 0.267. The normalized spacial score (nSPS) is 10.5. The summed E-state index contributed by atoms with van der Waals surface area (Å²) < 4.78 is 15.2. The second kappa shape index (κ2) is 6.38. The molecule has 0 saturated heterocycles. The number of aliphatic carboxylic acids is 1. The maximum atomic E-state index is 13.8. The van der Waals surface area contributed by atoms with Crippen LogP contribution in [0.1, 0.15) is 23.0 Å². The number of para-hydroxylation sites is 1. The number of benzene rings is 1. The number of aromatic nitrogens is 2. The standard InChI is InChI=1S/C15H16FN3O3/c1-3-18(9-14(20)21)15(22)11-8-17-19(10(11)2)13-7-5-4-6-12(13)16/h4-8H,3,9H2,1-2H3,(H,20,21). The summed E-state index contributed by atoms with van der Waals surface area (Å²) in [6.45, 7) is 3.20. The van der Waals surface area contributed by atoms with Gasteiger partial charge in [0.2, 0.25) is 0 Å². The number of amides is 1. The number of nitrogens with zero attached hydrogens (tertiary/aromatic N) is 3. The van der Waals surface area contributed by atoms with E-state index in [0.717, 1.165) is 0 Å². The highest BCUT2D eigenvalue weighted by atomic mass is 19.1. The van der Waals surface area contributed by atoms with E-state index in [4.69, 9.17) is 5.11 Å². The van der Waals surface area contributed by atoms with E-state index in [1.54, 1.807) is 32.0 Å². The van der Waals surface area contributed by atoms with Crippen LogP contribution in [0, 0.1) is 12.7 Å². The molecule has 1 aromatic heterocycles. The van der Waals surface area contributed by atoms with Gasteiger partial charge in [0.1, 0.15) is 18.0 Å². The van der Waals surface area contributed by atoms with Gasteiger partial charge in [-0.2, -0.15) is 5.10 Å². The number of halogens is 1. The lowest BCUT2D eigenvalue weighted by molar-refractivity contribution is -0.137. The van der Waals surface area contributed by atoms with Crippen molar-refractivity contribution in [3.63, 3.8) is 0 Å². The van der Waals surface area contributed by atoms with Crippen LogP contribution in [0.25, 0.3) is 5.69 Å². The molecule has 0 fully saturated rings. The molecule has 0 aliphatic rings. The van der Waals surface area contributed by atoms with E-state index in [2.05, 4.69) is 5.10 Å². The molecule has 7 heteroatoms. The Morgan fingerprint density at radius 3 is 2.64 bits per heavy atom. The summed E-state index contributed by atoms with van der Waals surface area (Å²) in [7, 11) is 0. The van der Waals surface area contributed by atoms with E-state index in [-0.39, 0.29) is 24.3 Å². The molecule has 0 aliphatic carbocycles. The average Bonchev–Trinajstić information content (AvgIpc) is 2.86. The van der Waals surface area contributed by atoms with Gasteiger partial charge in [-0.05, 0) is 26.0 Å². The summed E-state index contributed by atoms with van der Waals surface area (Å²) in [5.41, 5.74) is 0.950. The predicted molar refractivity (Wildman–Crippen MR) is 77.5 cm³/mol. The van der Waals surface area contributed by atoms with Crippen LogP contribution in [0.15, 0.2) is 30.5 Å². The van der Waals surface area contributed by atoms with Crippen molar-refractivity contribution in [2.24, 2.45) is 0 Å². The van der Waals surface area contributed by atoms with Gasteiger partial charge in [0.05, 0.1) is 17.5 Å². The Morgan fingerprint density at radius 2 is 2.05 bits per heavy atom. The first-order valence-corrected chi connectivity index (χ1v) is 6.76. The number of carboxylic acids is 1. The van der Waals surface area contributed by atoms with Gasteiger partial charge >= 0.3 is 5.97 Å². The van der Waals surface area contributed by atoms with Gasteiger partial charge in [0.25, 0.3) is 5.91 Å². The lowest BCUT2D eigenvalue weighted by Crippen LogP contribution is -2.35. The molecule has 1 heterocycles. The van der Waals surface area contributed by atoms with Crippen molar-refractivity contribution in [2.75, 3.05) is 13.1 Å². The van der Waals surface area contributed by atoms with Crippen LogP contribution in [0.2, 0.25) is 0 Å². The zero-order chi connectivity index (χ0) is 16.3. The number of hydrogen-bond acceptors (Lipinski definition) is 3. The van der Waals surface area contributed by atoms with Crippen molar-refractivity contribution in [3.05, 3.63) is 47.5 Å². The van der Waals surface area contributed by atoms with Gasteiger partial charge in [-0.1, -0.05) is 12.1 Å². The molecule has 6 nitrogen and oxygen atoms in total. The van der Waals surface area contributed by atoms with E-state index in [9.17, 15) is 14.0 Å². The van der Waals surface area contributed by atoms with Crippen LogP contribution < -0.4 is 0 Å². The SMILES string of the molecule is CCN(CC(=O)O)C(=O)c1cnn(-c2ccccc2F)c1C. The highest BCUT2D eigenvalue weighted by Crippen LogP contribution is 2.18. The van der Waals surface area contributed by atoms with Crippen LogP contribution in [0.5, 0.6) is 0 Å². The first-order valence-electron chi connectivity index (χ1n) is 6.76. The highest BCUT2D eigenvalue weighted by Gasteiger charge is 2.22. The van der Waals surface area contributed by atoms with Crippen molar-refractivity contribution in [3.8, 4) is 5.69 Å². The van der Waals surface area contributed by atoms with Gasteiger partial charge in [-0.15, -0.1) is 0 Å². The Hall–Kier alpha value is -2.70. The molecular formula is C15H16FN3O3. The van der Waals surface area contributed by atoms with Crippen LogP contribution in [-0.4, -0.2) is 44.8 Å². The van der Waals surface area contributed by atoms with Crippen molar-refractivity contribution in [2.45, 2.75) is 13.8 Å². The molecule has 22 heavy (non-hydrogen) atoms. The molecule has 0 spiro atoms. The Bertz CT molecular complexity index is 712. The second-order valence-corrected chi connectivity index (χ2v) is 4.72. The number of likely N-dealkylation sites (N-methyl/N-ethyl adjacent to an activating group) is 1. The lowest BCUT2D eigenvalue weighted by Gasteiger charge is -2.18. The minimum Gasteiger partial charge on any atom is -0.480 e. The number of carbonyl (C=O) groups is 2. The second-order valence-electron chi connectivity index (χ2n) is 4.72. The predicted octanol–water partition coefficient (Wildman–Crippen LogP) is 1.87. The van der Waals surface area contributed by atoms with Gasteiger partial charge < -0.3 is 10.0 Å². The third-order valence-electron chi connectivity index (χ3n) is 3.32. The van der Waals surface area contributed by atoms with Crippen LogP contribution >= 0.6 is 0 Å². The largest absolute Gasteiger partial charge is 0.480 e. The molecule has 2 aromatic rings. The number of rotatable bonds is 5. The smallest absolute Gasteiger partial charge is 0.323 e. The summed E-state index contributed by atoms with van der Waals surface area (Å²) >= 11 is 0. The molecular weight excluding hydrogens is 289 g/mol. The summed E-state index contributed by atoms with van der Waals surface area (Å²) in [6.07, 6.45) is 1.33. The Labute approximate surface area is 126 Å².